The summed E-state index contributed by atoms with van der Waals surface area (Å²) >= 11 is 0. The largest absolute Gasteiger partial charge is 0.444 e. The number of hydrogen-bond donors (Lipinski definition) is 1. The maximum atomic E-state index is 11.6. The zero-order valence-electron chi connectivity index (χ0n) is 11.8. The summed E-state index contributed by atoms with van der Waals surface area (Å²) in [6.07, 6.45) is 3.60. The van der Waals surface area contributed by atoms with Gasteiger partial charge in [0.05, 0.1) is 0 Å². The summed E-state index contributed by atoms with van der Waals surface area (Å²) in [7, 11) is 0. The Morgan fingerprint density at radius 2 is 1.89 bits per heavy atom. The molecule has 1 aliphatic rings. The van der Waals surface area contributed by atoms with Crippen LogP contribution in [-0.2, 0) is 4.74 Å². The molecule has 18 heavy (non-hydrogen) atoms. The maximum Gasteiger partial charge on any atom is 0.407 e. The van der Waals surface area contributed by atoms with Gasteiger partial charge in [0.15, 0.2) is 0 Å². The number of carbonyl (C=O) groups excluding carboxylic acids is 1. The van der Waals surface area contributed by atoms with Gasteiger partial charge >= 0.3 is 6.09 Å². The van der Waals surface area contributed by atoms with E-state index in [0.29, 0.717) is 5.92 Å². The first-order valence-electron chi connectivity index (χ1n) is 6.68. The SMILES string of the molecule is [C-]#[N+]C(C)C1CCC(NC(=O)OC(C)(C)C)CC1. The number of amides is 1. The van der Waals surface area contributed by atoms with Gasteiger partial charge in [-0.15, -0.1) is 0 Å². The van der Waals surface area contributed by atoms with E-state index in [2.05, 4.69) is 10.2 Å². The highest BCUT2D eigenvalue weighted by Crippen LogP contribution is 2.28. The molecule has 0 bridgehead atoms. The van der Waals surface area contributed by atoms with Gasteiger partial charge < -0.3 is 14.9 Å². The van der Waals surface area contributed by atoms with Crippen molar-refractivity contribution in [3.8, 4) is 0 Å². The molecular weight excluding hydrogens is 228 g/mol. The monoisotopic (exact) mass is 252 g/mol. The summed E-state index contributed by atoms with van der Waals surface area (Å²) in [6.45, 7) is 14.6. The van der Waals surface area contributed by atoms with E-state index in [-0.39, 0.29) is 18.2 Å². The van der Waals surface area contributed by atoms with E-state index in [1.807, 2.05) is 27.7 Å². The summed E-state index contributed by atoms with van der Waals surface area (Å²) in [5, 5.41) is 2.91. The molecule has 1 aliphatic carbocycles. The van der Waals surface area contributed by atoms with E-state index in [1.165, 1.54) is 0 Å². The second-order valence-electron chi connectivity index (χ2n) is 6.13. The fraction of sp³-hybridized carbons (Fsp3) is 0.857. The summed E-state index contributed by atoms with van der Waals surface area (Å²) in [5.41, 5.74) is -0.445. The number of alkyl carbamates (subject to hydrolysis) is 1. The van der Waals surface area contributed by atoms with Crippen molar-refractivity contribution < 1.29 is 9.53 Å². The van der Waals surface area contributed by atoms with Crippen molar-refractivity contribution in [1.29, 1.82) is 0 Å². The Labute approximate surface area is 110 Å². The summed E-state index contributed by atoms with van der Waals surface area (Å²) in [5.74, 6) is 0.485. The van der Waals surface area contributed by atoms with Gasteiger partial charge in [-0.25, -0.2) is 11.4 Å². The van der Waals surface area contributed by atoms with Gasteiger partial charge in [0.1, 0.15) is 5.60 Å². The predicted molar refractivity (Wildman–Crippen MR) is 71.2 cm³/mol. The Balaban J connectivity index is 2.32. The lowest BCUT2D eigenvalue weighted by molar-refractivity contribution is 0.0487. The van der Waals surface area contributed by atoms with Crippen LogP contribution in [0.15, 0.2) is 0 Å². The molecule has 0 aromatic rings. The Hall–Kier alpha value is -1.24. The molecule has 1 rings (SSSR count). The topological polar surface area (TPSA) is 42.7 Å². The minimum atomic E-state index is -0.445. The van der Waals surface area contributed by atoms with E-state index >= 15 is 0 Å². The molecule has 1 atom stereocenters. The van der Waals surface area contributed by atoms with Crippen LogP contribution in [0.25, 0.3) is 4.85 Å². The van der Waals surface area contributed by atoms with E-state index in [4.69, 9.17) is 11.3 Å². The smallest absolute Gasteiger partial charge is 0.407 e. The van der Waals surface area contributed by atoms with Crippen molar-refractivity contribution in [2.75, 3.05) is 0 Å². The molecule has 0 saturated heterocycles. The first-order chi connectivity index (χ1) is 8.31. The highest BCUT2D eigenvalue weighted by atomic mass is 16.6. The van der Waals surface area contributed by atoms with Gasteiger partial charge in [-0.1, -0.05) is 0 Å². The third-order valence-corrected chi connectivity index (χ3v) is 3.38. The van der Waals surface area contributed by atoms with Gasteiger partial charge in [-0.2, -0.15) is 0 Å². The van der Waals surface area contributed by atoms with Crippen molar-refractivity contribution in [1.82, 2.24) is 5.32 Å². The zero-order valence-corrected chi connectivity index (χ0v) is 11.8. The standard InChI is InChI=1S/C14H24N2O2/c1-10(15-5)11-6-8-12(9-7-11)16-13(17)18-14(2,3)4/h10-12H,6-9H2,1-4H3,(H,16,17). The van der Waals surface area contributed by atoms with Gasteiger partial charge in [0.25, 0.3) is 0 Å². The fourth-order valence-electron chi connectivity index (χ4n) is 2.33. The van der Waals surface area contributed by atoms with Gasteiger partial charge in [0, 0.05) is 18.9 Å². The van der Waals surface area contributed by atoms with Crippen molar-refractivity contribution in [3.05, 3.63) is 11.4 Å². The van der Waals surface area contributed by atoms with Gasteiger partial charge in [-0.3, -0.25) is 0 Å². The summed E-state index contributed by atoms with van der Waals surface area (Å²) in [6, 6.07) is 0.307. The minimum absolute atomic E-state index is 0.104. The summed E-state index contributed by atoms with van der Waals surface area (Å²) < 4.78 is 5.24. The molecule has 1 fully saturated rings. The van der Waals surface area contributed by atoms with E-state index in [1.54, 1.807) is 0 Å². The van der Waals surface area contributed by atoms with Crippen LogP contribution in [-0.4, -0.2) is 23.8 Å². The second kappa shape index (κ2) is 6.08. The number of carbonyl (C=O) groups is 1. The molecule has 4 nitrogen and oxygen atoms in total. The number of nitrogens with zero attached hydrogens (tertiary/aromatic N) is 1. The van der Waals surface area contributed by atoms with Gasteiger partial charge in [-0.05, 0) is 46.5 Å². The molecule has 0 aromatic heterocycles. The Bertz CT molecular complexity index is 320. The molecule has 0 radical (unpaired) electrons. The summed E-state index contributed by atoms with van der Waals surface area (Å²) in [4.78, 5) is 15.2. The normalized spacial score (nSPS) is 25.9. The quantitative estimate of drug-likeness (QED) is 0.766. The number of rotatable bonds is 2. The Kier molecular flexibility index (Phi) is 5.01. The van der Waals surface area contributed by atoms with Crippen LogP contribution in [0.5, 0.6) is 0 Å². The third-order valence-electron chi connectivity index (χ3n) is 3.38. The van der Waals surface area contributed by atoms with Crippen LogP contribution in [0.3, 0.4) is 0 Å². The Morgan fingerprint density at radius 1 is 1.33 bits per heavy atom. The van der Waals surface area contributed by atoms with Crippen molar-refractivity contribution in [2.45, 2.75) is 71.1 Å². The van der Waals surface area contributed by atoms with Crippen molar-refractivity contribution >= 4 is 6.09 Å². The van der Waals surface area contributed by atoms with Crippen LogP contribution in [0.4, 0.5) is 4.79 Å². The van der Waals surface area contributed by atoms with E-state index in [0.717, 1.165) is 25.7 Å². The molecule has 0 spiro atoms. The fourth-order valence-corrected chi connectivity index (χ4v) is 2.33. The van der Waals surface area contributed by atoms with Crippen LogP contribution >= 0.6 is 0 Å². The molecule has 0 aliphatic heterocycles. The number of ether oxygens (including phenoxy) is 1. The average molecular weight is 252 g/mol. The molecule has 1 amide bonds. The predicted octanol–water partition coefficient (Wildman–Crippen LogP) is 3.38. The van der Waals surface area contributed by atoms with Crippen molar-refractivity contribution in [3.63, 3.8) is 0 Å². The lowest BCUT2D eigenvalue weighted by atomic mass is 9.82. The van der Waals surface area contributed by atoms with E-state index < -0.39 is 5.60 Å². The van der Waals surface area contributed by atoms with Crippen LogP contribution < -0.4 is 5.32 Å². The van der Waals surface area contributed by atoms with Gasteiger partial charge in [0.2, 0.25) is 6.04 Å². The molecule has 4 heteroatoms. The van der Waals surface area contributed by atoms with Crippen LogP contribution in [0.2, 0.25) is 0 Å². The average Bonchev–Trinajstić information content (AvgIpc) is 2.26. The minimum Gasteiger partial charge on any atom is -0.444 e. The first kappa shape index (κ1) is 14.8. The zero-order chi connectivity index (χ0) is 13.8. The molecule has 0 aromatic carbocycles. The number of nitrogens with one attached hydrogen (secondary N) is 1. The lowest BCUT2D eigenvalue weighted by Gasteiger charge is -2.29. The maximum absolute atomic E-state index is 11.6. The molecule has 0 heterocycles. The number of hydrogen-bond acceptors (Lipinski definition) is 2. The molecule has 1 N–H and O–H groups in total. The Morgan fingerprint density at radius 3 is 2.33 bits per heavy atom. The highest BCUT2D eigenvalue weighted by molar-refractivity contribution is 5.68. The van der Waals surface area contributed by atoms with Crippen molar-refractivity contribution in [2.24, 2.45) is 5.92 Å². The molecule has 1 unspecified atom stereocenters. The lowest BCUT2D eigenvalue weighted by Crippen LogP contribution is -2.41. The molecular formula is C14H24N2O2. The first-order valence-corrected chi connectivity index (χ1v) is 6.68. The van der Waals surface area contributed by atoms with Crippen LogP contribution in [0, 0.1) is 12.5 Å². The van der Waals surface area contributed by atoms with Crippen LogP contribution in [0.1, 0.15) is 53.4 Å². The third kappa shape index (κ3) is 4.95. The molecule has 102 valence electrons. The second-order valence-corrected chi connectivity index (χ2v) is 6.13. The molecule has 1 saturated carbocycles. The highest BCUT2D eigenvalue weighted by Gasteiger charge is 2.29. The van der Waals surface area contributed by atoms with E-state index in [9.17, 15) is 4.79 Å².